The van der Waals surface area contributed by atoms with Gasteiger partial charge in [0.1, 0.15) is 12.4 Å². The van der Waals surface area contributed by atoms with E-state index in [0.29, 0.717) is 19.1 Å². The van der Waals surface area contributed by atoms with Crippen molar-refractivity contribution in [2.45, 2.75) is 46.5 Å². The van der Waals surface area contributed by atoms with Crippen molar-refractivity contribution in [3.05, 3.63) is 29.8 Å². The molecule has 0 bridgehead atoms. The highest BCUT2D eigenvalue weighted by atomic mass is 16.5. The minimum atomic E-state index is 0.634. The molecule has 0 saturated carbocycles. The Hall–Kier alpha value is -1.02. The summed E-state index contributed by atoms with van der Waals surface area (Å²) in [5.74, 6) is 1.67. The summed E-state index contributed by atoms with van der Waals surface area (Å²) in [6.07, 6.45) is 5.07. The van der Waals surface area contributed by atoms with Crippen LogP contribution in [0.2, 0.25) is 0 Å². The fourth-order valence-electron chi connectivity index (χ4n) is 2.08. The van der Waals surface area contributed by atoms with Gasteiger partial charge in [0.05, 0.1) is 6.61 Å². The van der Waals surface area contributed by atoms with E-state index >= 15 is 0 Å². The van der Waals surface area contributed by atoms with Crippen molar-refractivity contribution >= 4 is 0 Å². The summed E-state index contributed by atoms with van der Waals surface area (Å²) in [4.78, 5) is 0. The van der Waals surface area contributed by atoms with Crippen LogP contribution in [0.3, 0.4) is 0 Å². The first-order chi connectivity index (χ1) is 9.27. The zero-order valence-corrected chi connectivity index (χ0v) is 12.7. The maximum absolute atomic E-state index is 5.72. The standard InChI is InChI=1S/C17H28O2/c1-4-6-10-16(5-2)14-18-12-13-19-17-11-8-7-9-15(17)3/h7-9,11,16H,4-6,10,12-14H2,1-3H3. The number of para-hydroxylation sites is 1. The summed E-state index contributed by atoms with van der Waals surface area (Å²) >= 11 is 0. The molecule has 0 spiro atoms. The summed E-state index contributed by atoms with van der Waals surface area (Å²) in [5.41, 5.74) is 1.18. The molecule has 1 rings (SSSR count). The van der Waals surface area contributed by atoms with Gasteiger partial charge in [0.15, 0.2) is 0 Å². The van der Waals surface area contributed by atoms with E-state index in [4.69, 9.17) is 9.47 Å². The van der Waals surface area contributed by atoms with Crippen molar-refractivity contribution in [3.63, 3.8) is 0 Å². The zero-order valence-electron chi connectivity index (χ0n) is 12.7. The SMILES string of the molecule is CCCCC(CC)COCCOc1ccccc1C. The molecule has 0 amide bonds. The number of hydrogen-bond donors (Lipinski definition) is 0. The molecule has 1 aromatic carbocycles. The second kappa shape index (κ2) is 9.85. The Morgan fingerprint density at radius 3 is 2.58 bits per heavy atom. The smallest absolute Gasteiger partial charge is 0.122 e. The minimum absolute atomic E-state index is 0.634. The highest BCUT2D eigenvalue weighted by molar-refractivity contribution is 5.31. The lowest BCUT2D eigenvalue weighted by atomic mass is 10.0. The average Bonchev–Trinajstić information content (AvgIpc) is 2.43. The number of rotatable bonds is 10. The van der Waals surface area contributed by atoms with Gasteiger partial charge in [-0.3, -0.25) is 0 Å². The Bertz CT molecular complexity index is 336. The highest BCUT2D eigenvalue weighted by Crippen LogP contribution is 2.16. The Balaban J connectivity index is 2.12. The molecule has 1 atom stereocenters. The van der Waals surface area contributed by atoms with Gasteiger partial charge >= 0.3 is 0 Å². The predicted molar refractivity (Wildman–Crippen MR) is 80.8 cm³/mol. The molecule has 0 radical (unpaired) electrons. The summed E-state index contributed by atoms with van der Waals surface area (Å²) in [7, 11) is 0. The third kappa shape index (κ3) is 6.63. The fraction of sp³-hybridized carbons (Fsp3) is 0.647. The molecule has 0 fully saturated rings. The molecule has 19 heavy (non-hydrogen) atoms. The average molecular weight is 264 g/mol. The lowest BCUT2D eigenvalue weighted by Crippen LogP contribution is -2.13. The molecule has 2 nitrogen and oxygen atoms in total. The van der Waals surface area contributed by atoms with Crippen molar-refractivity contribution in [1.82, 2.24) is 0 Å². The van der Waals surface area contributed by atoms with Gasteiger partial charge in [-0.15, -0.1) is 0 Å². The van der Waals surface area contributed by atoms with Crippen LogP contribution in [0.25, 0.3) is 0 Å². The van der Waals surface area contributed by atoms with Gasteiger partial charge in [0.2, 0.25) is 0 Å². The number of unbranched alkanes of at least 4 members (excludes halogenated alkanes) is 1. The van der Waals surface area contributed by atoms with Gasteiger partial charge in [-0.05, 0) is 30.9 Å². The summed E-state index contributed by atoms with van der Waals surface area (Å²) < 4.78 is 11.4. The third-order valence-electron chi connectivity index (χ3n) is 3.48. The molecule has 0 aliphatic carbocycles. The molecular formula is C17H28O2. The maximum Gasteiger partial charge on any atom is 0.122 e. The number of hydrogen-bond acceptors (Lipinski definition) is 2. The second-order valence-corrected chi connectivity index (χ2v) is 5.11. The van der Waals surface area contributed by atoms with Gasteiger partial charge in [-0.25, -0.2) is 0 Å². The van der Waals surface area contributed by atoms with Crippen LogP contribution in [0.5, 0.6) is 5.75 Å². The third-order valence-corrected chi connectivity index (χ3v) is 3.48. The van der Waals surface area contributed by atoms with Crippen molar-refractivity contribution in [3.8, 4) is 5.75 Å². The largest absolute Gasteiger partial charge is 0.491 e. The first-order valence-corrected chi connectivity index (χ1v) is 7.54. The monoisotopic (exact) mass is 264 g/mol. The quantitative estimate of drug-likeness (QED) is 0.575. The van der Waals surface area contributed by atoms with E-state index in [1.807, 2.05) is 18.2 Å². The van der Waals surface area contributed by atoms with Crippen LogP contribution in [0, 0.1) is 12.8 Å². The molecule has 2 heteroatoms. The molecular weight excluding hydrogens is 236 g/mol. The summed E-state index contributed by atoms with van der Waals surface area (Å²) in [6, 6.07) is 8.10. The first-order valence-electron chi connectivity index (χ1n) is 7.54. The van der Waals surface area contributed by atoms with E-state index in [1.165, 1.54) is 31.2 Å². The number of ether oxygens (including phenoxy) is 2. The molecule has 1 unspecified atom stereocenters. The summed E-state index contributed by atoms with van der Waals surface area (Å²) in [6.45, 7) is 8.73. The van der Waals surface area contributed by atoms with E-state index in [0.717, 1.165) is 12.4 Å². The lowest BCUT2D eigenvalue weighted by molar-refractivity contribution is 0.0698. The number of aryl methyl sites for hydroxylation is 1. The van der Waals surface area contributed by atoms with E-state index in [-0.39, 0.29) is 0 Å². The van der Waals surface area contributed by atoms with Crippen LogP contribution in [-0.4, -0.2) is 19.8 Å². The van der Waals surface area contributed by atoms with Crippen LogP contribution in [0.1, 0.15) is 45.1 Å². The summed E-state index contributed by atoms with van der Waals surface area (Å²) in [5, 5.41) is 0. The Morgan fingerprint density at radius 1 is 1.11 bits per heavy atom. The highest BCUT2D eigenvalue weighted by Gasteiger charge is 2.05. The molecule has 0 saturated heterocycles. The number of benzene rings is 1. The molecule has 108 valence electrons. The van der Waals surface area contributed by atoms with E-state index in [2.05, 4.69) is 26.8 Å². The normalized spacial score (nSPS) is 12.4. The Labute approximate surface area is 118 Å². The molecule has 0 aliphatic rings. The molecule has 0 N–H and O–H groups in total. The second-order valence-electron chi connectivity index (χ2n) is 5.11. The van der Waals surface area contributed by atoms with Crippen LogP contribution >= 0.6 is 0 Å². The Kier molecular flexibility index (Phi) is 8.31. The molecule has 1 aromatic rings. The predicted octanol–water partition coefficient (Wildman–Crippen LogP) is 4.61. The Morgan fingerprint density at radius 2 is 1.89 bits per heavy atom. The van der Waals surface area contributed by atoms with Crippen molar-refractivity contribution in [1.29, 1.82) is 0 Å². The van der Waals surface area contributed by atoms with Crippen molar-refractivity contribution in [2.24, 2.45) is 5.92 Å². The van der Waals surface area contributed by atoms with Gasteiger partial charge in [0, 0.05) is 6.61 Å². The lowest BCUT2D eigenvalue weighted by Gasteiger charge is -2.15. The van der Waals surface area contributed by atoms with Crippen LogP contribution in [0.4, 0.5) is 0 Å². The van der Waals surface area contributed by atoms with E-state index in [1.54, 1.807) is 0 Å². The van der Waals surface area contributed by atoms with E-state index < -0.39 is 0 Å². The first kappa shape index (κ1) is 16.0. The van der Waals surface area contributed by atoms with Crippen molar-refractivity contribution < 1.29 is 9.47 Å². The fourth-order valence-corrected chi connectivity index (χ4v) is 2.08. The van der Waals surface area contributed by atoms with Gasteiger partial charge in [-0.2, -0.15) is 0 Å². The van der Waals surface area contributed by atoms with Crippen molar-refractivity contribution in [2.75, 3.05) is 19.8 Å². The zero-order chi connectivity index (χ0) is 13.9. The maximum atomic E-state index is 5.72. The molecule has 0 aromatic heterocycles. The van der Waals surface area contributed by atoms with Crippen LogP contribution < -0.4 is 4.74 Å². The van der Waals surface area contributed by atoms with Crippen LogP contribution in [0.15, 0.2) is 24.3 Å². The minimum Gasteiger partial charge on any atom is -0.491 e. The van der Waals surface area contributed by atoms with Crippen LogP contribution in [-0.2, 0) is 4.74 Å². The van der Waals surface area contributed by atoms with E-state index in [9.17, 15) is 0 Å². The van der Waals surface area contributed by atoms with Gasteiger partial charge in [-0.1, -0.05) is 51.3 Å². The molecule has 0 aliphatic heterocycles. The topological polar surface area (TPSA) is 18.5 Å². The van der Waals surface area contributed by atoms with Gasteiger partial charge in [0.25, 0.3) is 0 Å². The van der Waals surface area contributed by atoms with Gasteiger partial charge < -0.3 is 9.47 Å². The molecule has 0 heterocycles.